The van der Waals surface area contributed by atoms with Gasteiger partial charge in [0.05, 0.1) is 54.6 Å². The van der Waals surface area contributed by atoms with E-state index in [1.54, 1.807) is 44.2 Å². The van der Waals surface area contributed by atoms with E-state index in [9.17, 15) is 67.7 Å². The number of aryl methyl sites for hydroxylation is 1. The lowest BCUT2D eigenvalue weighted by Gasteiger charge is -2.31. The second-order valence-electron chi connectivity index (χ2n) is 21.5. The van der Waals surface area contributed by atoms with Gasteiger partial charge in [0.25, 0.3) is 17.4 Å². The molecule has 438 valence electrons. The van der Waals surface area contributed by atoms with Crippen molar-refractivity contribution in [3.63, 3.8) is 0 Å². The minimum absolute atomic E-state index is 0.0351. The number of esters is 1. The van der Waals surface area contributed by atoms with Crippen molar-refractivity contribution in [2.75, 3.05) is 19.6 Å². The second kappa shape index (κ2) is 26.5. The Bertz CT molecular complexity index is 3390. The standard InChI is InChI=1S/C60H66FN7O15/c1-3-60(82)42-26-47-55-40(31-68(47)58(80)41(42)32-83-59(60)81)54-44(19-18-39-33(2)43(61)27-45(65-55)53(39)54)66-57(79)46(28-52(76)77)64-49(73)16-10-9-15-37(70)29-63-56(78)35(24-34-12-6-4-7-13-34)25-38(71)30-62-48(72)20-17-36(69)14-8-5-11-23-67-50(74)21-22-51(67)75/h4,6-7,12-13,21-22,26-27,35,44,46,82H,3,5,8-11,14-20,23-25,28-32H2,1-2H3,(H,62,72)(H,63,78)(H,64,73)(H,66,79)(H,76,77)/t35-,44+,46+,60+/m1/s1. The maximum Gasteiger partial charge on any atom is 0.343 e. The molecule has 23 heteroatoms. The number of carbonyl (C=O) groups excluding carboxylic acids is 10. The van der Waals surface area contributed by atoms with Crippen LogP contribution in [0.25, 0.3) is 22.3 Å². The molecule has 6 N–H and O–H groups in total. The van der Waals surface area contributed by atoms with Crippen LogP contribution >= 0.6 is 0 Å². The fourth-order valence-electron chi connectivity index (χ4n) is 11.2. The Labute approximate surface area is 476 Å². The van der Waals surface area contributed by atoms with Gasteiger partial charge in [-0.1, -0.05) is 43.7 Å². The molecule has 0 radical (unpaired) electrons. The van der Waals surface area contributed by atoms with Crippen LogP contribution in [0.15, 0.2) is 59.4 Å². The number of hydrogen-bond acceptors (Lipinski definition) is 15. The molecule has 0 spiro atoms. The van der Waals surface area contributed by atoms with Crippen molar-refractivity contribution in [1.29, 1.82) is 0 Å². The number of aliphatic carboxylic acids is 1. The second-order valence-corrected chi connectivity index (χ2v) is 21.5. The number of benzene rings is 2. The van der Waals surface area contributed by atoms with Crippen LogP contribution in [-0.2, 0) is 89.1 Å². The number of ether oxygens (including phenoxy) is 1. The van der Waals surface area contributed by atoms with Crippen LogP contribution in [0.4, 0.5) is 4.39 Å². The molecule has 83 heavy (non-hydrogen) atoms. The number of carboxylic acids is 1. The summed E-state index contributed by atoms with van der Waals surface area (Å²) in [5.74, 6) is -7.96. The Kier molecular flexibility index (Phi) is 19.3. The molecular weight excluding hydrogens is 1080 g/mol. The average Bonchev–Trinajstić information content (AvgIpc) is 2.00. The van der Waals surface area contributed by atoms with Crippen LogP contribution in [0.2, 0.25) is 0 Å². The third-order valence-electron chi connectivity index (χ3n) is 15.8. The van der Waals surface area contributed by atoms with E-state index >= 15 is 4.39 Å². The fraction of sp³-hybridized carbons (Fsp3) is 0.450. The fourth-order valence-corrected chi connectivity index (χ4v) is 11.2. The van der Waals surface area contributed by atoms with Crippen molar-refractivity contribution in [1.82, 2.24) is 35.7 Å². The molecule has 8 rings (SSSR count). The van der Waals surface area contributed by atoms with Gasteiger partial charge >= 0.3 is 11.9 Å². The summed E-state index contributed by atoms with van der Waals surface area (Å²) in [6.45, 7) is 2.31. The summed E-state index contributed by atoms with van der Waals surface area (Å²) < 4.78 is 22.1. The first-order chi connectivity index (χ1) is 39.7. The van der Waals surface area contributed by atoms with Gasteiger partial charge in [-0.05, 0) is 86.6 Å². The van der Waals surface area contributed by atoms with Gasteiger partial charge in [-0.2, -0.15) is 0 Å². The smallest absolute Gasteiger partial charge is 0.343 e. The summed E-state index contributed by atoms with van der Waals surface area (Å²) in [4.78, 5) is 160. The molecular formula is C60H66FN7O15. The maximum atomic E-state index is 15.5. The number of cyclic esters (lactones) is 1. The van der Waals surface area contributed by atoms with E-state index in [0.717, 1.165) is 10.5 Å². The first kappa shape index (κ1) is 60.5. The van der Waals surface area contributed by atoms with Crippen molar-refractivity contribution in [2.45, 2.75) is 147 Å². The molecule has 0 unspecified atom stereocenters. The monoisotopic (exact) mass is 1140 g/mol. The minimum Gasteiger partial charge on any atom is -0.481 e. The highest BCUT2D eigenvalue weighted by molar-refractivity contribution is 6.12. The Morgan fingerprint density at radius 1 is 0.795 bits per heavy atom. The number of hydrogen-bond donors (Lipinski definition) is 6. The molecule has 2 aromatic heterocycles. The van der Waals surface area contributed by atoms with Crippen molar-refractivity contribution >= 4 is 75.6 Å². The van der Waals surface area contributed by atoms with E-state index < -0.39 is 82.8 Å². The highest BCUT2D eigenvalue weighted by Crippen LogP contribution is 2.46. The number of nitrogens with one attached hydrogen (secondary N) is 4. The van der Waals surface area contributed by atoms with Crippen molar-refractivity contribution < 1.29 is 72.1 Å². The summed E-state index contributed by atoms with van der Waals surface area (Å²) in [5, 5.41) is 32.4. The number of rotatable bonds is 29. The van der Waals surface area contributed by atoms with Crippen molar-refractivity contribution in [2.24, 2.45) is 5.92 Å². The average molecular weight is 1140 g/mol. The molecule has 0 saturated carbocycles. The van der Waals surface area contributed by atoms with Gasteiger partial charge in [0, 0.05) is 85.7 Å². The largest absolute Gasteiger partial charge is 0.481 e. The maximum absolute atomic E-state index is 15.5. The molecule has 5 heterocycles. The number of aliphatic hydroxyl groups is 1. The lowest BCUT2D eigenvalue weighted by Crippen LogP contribution is -2.49. The molecule has 3 aliphatic heterocycles. The number of aromatic nitrogens is 2. The summed E-state index contributed by atoms with van der Waals surface area (Å²) in [6, 6.07) is 9.32. The van der Waals surface area contributed by atoms with E-state index in [-0.39, 0.29) is 155 Å². The third-order valence-corrected chi connectivity index (χ3v) is 15.8. The van der Waals surface area contributed by atoms with Crippen LogP contribution in [0, 0.1) is 18.7 Å². The van der Waals surface area contributed by atoms with Crippen LogP contribution in [-0.4, -0.2) is 115 Å². The molecule has 0 fully saturated rings. The first-order valence-electron chi connectivity index (χ1n) is 28.0. The number of carboxylic acid groups (broad SMARTS) is 1. The highest BCUT2D eigenvalue weighted by atomic mass is 19.1. The quantitative estimate of drug-likeness (QED) is 0.0226. The molecule has 2 aromatic carbocycles. The summed E-state index contributed by atoms with van der Waals surface area (Å²) >= 11 is 0. The Hall–Kier alpha value is -8.60. The number of imide groups is 1. The van der Waals surface area contributed by atoms with Crippen molar-refractivity contribution in [3.8, 4) is 11.4 Å². The summed E-state index contributed by atoms with van der Waals surface area (Å²) in [7, 11) is 0. The van der Waals surface area contributed by atoms with Gasteiger partial charge in [0.2, 0.25) is 23.6 Å². The van der Waals surface area contributed by atoms with Crippen LogP contribution in [0.3, 0.4) is 0 Å². The van der Waals surface area contributed by atoms with Crippen LogP contribution in [0.5, 0.6) is 0 Å². The number of Topliss-reactive ketones (excluding diaryl/α,β-unsaturated/α-hetero) is 3. The molecule has 0 saturated heterocycles. The SMILES string of the molecule is CC[C@@]1(O)C(=O)OCc2c1cc1n(c2=O)Cc2c-1nc1cc(F)c(C)c3c1c2[C@@H](NC(=O)[C@H](CC(=O)O)NC(=O)CCCCC(=O)CNC(=O)[C@@H](CC(=O)CNC(=O)CCC(=O)CCCCCN1C(=O)C=CC1=O)Cc1ccccc1)CC3. The molecule has 4 atom stereocenters. The predicted molar refractivity (Wildman–Crippen MR) is 294 cm³/mol. The van der Waals surface area contributed by atoms with E-state index in [4.69, 9.17) is 9.72 Å². The molecule has 22 nitrogen and oxygen atoms in total. The van der Waals surface area contributed by atoms with Gasteiger partial charge < -0.3 is 40.8 Å². The Morgan fingerprint density at radius 3 is 2.22 bits per heavy atom. The minimum atomic E-state index is -2.10. The number of amides is 6. The lowest BCUT2D eigenvalue weighted by atomic mass is 9.81. The van der Waals surface area contributed by atoms with E-state index in [0.29, 0.717) is 53.3 Å². The lowest BCUT2D eigenvalue weighted by molar-refractivity contribution is -0.172. The van der Waals surface area contributed by atoms with Gasteiger partial charge in [-0.25, -0.2) is 14.2 Å². The molecule has 0 bridgehead atoms. The van der Waals surface area contributed by atoms with Crippen LogP contribution in [0.1, 0.15) is 142 Å². The number of carbonyl (C=O) groups is 11. The molecule has 4 aliphatic rings. The number of ketones is 3. The first-order valence-corrected chi connectivity index (χ1v) is 28.0. The zero-order valence-electron chi connectivity index (χ0n) is 46.2. The van der Waals surface area contributed by atoms with Crippen molar-refractivity contribution in [3.05, 3.63) is 110 Å². The molecule has 6 amide bonds. The zero-order valence-corrected chi connectivity index (χ0v) is 46.2. The topological polar surface area (TPSA) is 324 Å². The Morgan fingerprint density at radius 2 is 1.49 bits per heavy atom. The van der Waals surface area contributed by atoms with Crippen LogP contribution < -0.4 is 26.8 Å². The van der Waals surface area contributed by atoms with E-state index in [1.807, 2.05) is 0 Å². The zero-order chi connectivity index (χ0) is 59.7. The summed E-state index contributed by atoms with van der Waals surface area (Å²) in [5.41, 5.74) is 1.13. The number of halogens is 1. The van der Waals surface area contributed by atoms with E-state index in [1.165, 1.54) is 28.9 Å². The number of pyridine rings is 2. The highest BCUT2D eigenvalue weighted by Gasteiger charge is 2.46. The van der Waals surface area contributed by atoms with Gasteiger partial charge in [0.1, 0.15) is 24.2 Å². The number of unbranched alkanes of at least 4 members (excludes halogenated alkanes) is 3. The Balaban J connectivity index is 0.811. The molecule has 4 aromatic rings. The predicted octanol–water partition coefficient (Wildman–Crippen LogP) is 3.60. The van der Waals surface area contributed by atoms with Gasteiger partial charge in [-0.3, -0.25) is 57.6 Å². The van der Waals surface area contributed by atoms with Gasteiger partial charge in [-0.15, -0.1) is 0 Å². The third kappa shape index (κ3) is 14.0. The van der Waals surface area contributed by atoms with E-state index in [2.05, 4.69) is 21.3 Å². The van der Waals surface area contributed by atoms with Gasteiger partial charge in [0.15, 0.2) is 17.2 Å². The normalized spacial score (nSPS) is 17.2. The number of nitrogens with zero attached hydrogens (tertiary/aromatic N) is 3. The molecule has 1 aliphatic carbocycles. The number of fused-ring (bicyclic) bond motifs is 5. The summed E-state index contributed by atoms with van der Waals surface area (Å²) in [6.07, 6.45) is 3.80.